The molecule has 3 fully saturated rings. The smallest absolute Gasteiger partial charge is 0.217 e. The number of carbonyl (C=O) groups excluding carboxylic acids is 2. The van der Waals surface area contributed by atoms with Crippen LogP contribution in [0.5, 0.6) is 0 Å². The largest absolute Gasteiger partial charge is 0.394 e. The molecule has 3 saturated heterocycles. The highest BCUT2D eigenvalue weighted by Crippen LogP contribution is 2.32. The Labute approximate surface area is 228 Å². The minimum atomic E-state index is -1.85. The molecule has 3 aliphatic heterocycles. The van der Waals surface area contributed by atoms with Crippen molar-refractivity contribution in [1.29, 1.82) is 0 Å². The normalized spacial score (nSPS) is 46.0. The Morgan fingerprint density at radius 3 is 1.57 bits per heavy atom. The molecule has 0 radical (unpaired) electrons. The van der Waals surface area contributed by atoms with E-state index in [0.717, 1.165) is 13.8 Å². The summed E-state index contributed by atoms with van der Waals surface area (Å²) in [4.78, 5) is 23.5. The maximum Gasteiger partial charge on any atom is 0.217 e. The first kappa shape index (κ1) is 32.9. The number of ether oxygens (including phenoxy) is 5. The lowest BCUT2D eigenvalue weighted by atomic mass is 9.94. The van der Waals surface area contributed by atoms with Gasteiger partial charge in [0.2, 0.25) is 11.8 Å². The average Bonchev–Trinajstić information content (AvgIpc) is 2.90. The number of aliphatic hydroxyl groups excluding tert-OH is 9. The molecule has 3 rings (SSSR count). The molecule has 2 amide bonds. The van der Waals surface area contributed by atoms with Crippen molar-refractivity contribution in [3.63, 3.8) is 0 Å². The maximum atomic E-state index is 12.0. The van der Waals surface area contributed by atoms with Crippen molar-refractivity contribution in [3.8, 4) is 0 Å². The predicted molar refractivity (Wildman–Crippen MR) is 124 cm³/mol. The van der Waals surface area contributed by atoms with Crippen LogP contribution in [0, 0.1) is 0 Å². The minimum Gasteiger partial charge on any atom is -0.394 e. The van der Waals surface area contributed by atoms with Crippen molar-refractivity contribution in [2.75, 3.05) is 19.8 Å². The number of carbonyl (C=O) groups is 2. The highest BCUT2D eigenvalue weighted by Gasteiger charge is 2.54. The van der Waals surface area contributed by atoms with Crippen molar-refractivity contribution >= 4 is 11.8 Å². The van der Waals surface area contributed by atoms with Gasteiger partial charge in [0.15, 0.2) is 18.9 Å². The zero-order valence-corrected chi connectivity index (χ0v) is 21.7. The minimum absolute atomic E-state index is 0.623. The average molecular weight is 587 g/mol. The fraction of sp³-hybridized carbons (Fsp3) is 0.909. The summed E-state index contributed by atoms with van der Waals surface area (Å²) < 4.78 is 27.7. The molecule has 0 spiro atoms. The van der Waals surface area contributed by atoms with E-state index in [1.165, 1.54) is 0 Å². The molecular weight excluding hydrogens is 548 g/mol. The predicted octanol–water partition coefficient (Wildman–Crippen LogP) is -7.29. The lowest BCUT2D eigenvalue weighted by Gasteiger charge is -2.49. The van der Waals surface area contributed by atoms with Crippen LogP contribution < -0.4 is 10.6 Å². The molecule has 18 nitrogen and oxygen atoms in total. The van der Waals surface area contributed by atoms with Gasteiger partial charge < -0.3 is 80.3 Å². The van der Waals surface area contributed by atoms with Gasteiger partial charge >= 0.3 is 0 Å². The van der Waals surface area contributed by atoms with Crippen LogP contribution in [0.15, 0.2) is 0 Å². The van der Waals surface area contributed by atoms with Gasteiger partial charge in [-0.2, -0.15) is 0 Å². The molecule has 18 heteroatoms. The van der Waals surface area contributed by atoms with Gasteiger partial charge in [0.1, 0.15) is 73.1 Å². The molecule has 3 aliphatic rings. The molecule has 0 aromatic rings. The topological polar surface area (TPSA) is 286 Å². The summed E-state index contributed by atoms with van der Waals surface area (Å²) in [5, 5.41) is 96.5. The summed E-state index contributed by atoms with van der Waals surface area (Å²) in [6, 6.07) is -2.87. The third-order valence-corrected chi connectivity index (χ3v) is 6.90. The Bertz CT molecular complexity index is 852. The van der Waals surface area contributed by atoms with E-state index in [-0.39, 0.29) is 0 Å². The molecule has 0 unspecified atom stereocenters. The standard InChI is InChI=1S/C22H38N2O16/c1-6(28)23-11-14(31)18(9(4-26)36-20(11)35)39-21-12(24-7(2)29)15(32)19(10(5-27)38-21)40-22-17(34)16(33)13(30)8(3-25)37-22/h8-22,25-27,30-35H,3-5H2,1-2H3,(H,23,28)(H,24,29)/t8-,9-,10-,11-,12-,13-,14-,15-,16+,17+,18-,19-,20-,21+,22-/m1/s1. The quantitative estimate of drug-likeness (QED) is 0.120. The molecule has 0 bridgehead atoms. The third-order valence-electron chi connectivity index (χ3n) is 6.90. The summed E-state index contributed by atoms with van der Waals surface area (Å²) in [5.41, 5.74) is 0. The molecular formula is C22H38N2O16. The molecule has 40 heavy (non-hydrogen) atoms. The molecule has 0 aromatic heterocycles. The van der Waals surface area contributed by atoms with Crippen LogP contribution in [-0.2, 0) is 33.3 Å². The van der Waals surface area contributed by atoms with Crippen molar-refractivity contribution in [1.82, 2.24) is 10.6 Å². The second-order valence-electron chi connectivity index (χ2n) is 9.81. The van der Waals surface area contributed by atoms with Crippen molar-refractivity contribution < 1.29 is 79.2 Å². The van der Waals surface area contributed by atoms with Gasteiger partial charge in [-0.25, -0.2) is 0 Å². The first-order chi connectivity index (χ1) is 18.8. The second kappa shape index (κ2) is 14.0. The summed E-state index contributed by atoms with van der Waals surface area (Å²) in [6.45, 7) is -0.117. The maximum absolute atomic E-state index is 12.0. The highest BCUT2D eigenvalue weighted by atomic mass is 16.7. The van der Waals surface area contributed by atoms with E-state index in [9.17, 15) is 55.5 Å². The fourth-order valence-corrected chi connectivity index (χ4v) is 4.87. The molecule has 0 aromatic carbocycles. The lowest BCUT2D eigenvalue weighted by molar-refractivity contribution is -0.360. The van der Waals surface area contributed by atoms with Crippen LogP contribution in [0.25, 0.3) is 0 Å². The number of aliphatic hydroxyl groups is 9. The summed E-state index contributed by atoms with van der Waals surface area (Å²) in [7, 11) is 0. The van der Waals surface area contributed by atoms with Crippen LogP contribution in [0.1, 0.15) is 13.8 Å². The number of amides is 2. The van der Waals surface area contributed by atoms with Gasteiger partial charge in [0.05, 0.1) is 19.8 Å². The van der Waals surface area contributed by atoms with Gasteiger partial charge in [-0.05, 0) is 0 Å². The lowest BCUT2D eigenvalue weighted by Crippen LogP contribution is -2.70. The first-order valence-corrected chi connectivity index (χ1v) is 12.6. The molecule has 15 atom stereocenters. The van der Waals surface area contributed by atoms with Crippen LogP contribution in [0.4, 0.5) is 0 Å². The Morgan fingerprint density at radius 1 is 0.600 bits per heavy atom. The number of nitrogens with one attached hydrogen (secondary N) is 2. The van der Waals surface area contributed by atoms with Gasteiger partial charge in [0, 0.05) is 13.8 Å². The number of hydrogen-bond donors (Lipinski definition) is 11. The van der Waals surface area contributed by atoms with E-state index in [0.29, 0.717) is 0 Å². The first-order valence-electron chi connectivity index (χ1n) is 12.6. The zero-order chi connectivity index (χ0) is 29.9. The summed E-state index contributed by atoms with van der Waals surface area (Å²) in [5.74, 6) is -1.30. The monoisotopic (exact) mass is 586 g/mol. The molecule has 0 saturated carbocycles. The molecule has 11 N–H and O–H groups in total. The number of hydrogen-bond acceptors (Lipinski definition) is 16. The van der Waals surface area contributed by atoms with Crippen LogP contribution in [0.2, 0.25) is 0 Å². The van der Waals surface area contributed by atoms with Gasteiger partial charge in [-0.15, -0.1) is 0 Å². The summed E-state index contributed by atoms with van der Waals surface area (Å²) in [6.07, 6.45) is -21.1. The van der Waals surface area contributed by atoms with Gasteiger partial charge in [-0.3, -0.25) is 9.59 Å². The SMILES string of the molecule is CC(=O)N[C@@H]1[C@@H](O)[C@H](O[C@@H]2O[C@H](CO)[C@@H](O[C@H]3O[C@H](CO)[C@@H](O)[C@H](O)[C@@H]3O)[C@H](O)[C@H]2NC(C)=O)[C@@H](CO)O[C@H]1O. The fourth-order valence-electron chi connectivity index (χ4n) is 4.87. The van der Waals surface area contributed by atoms with Crippen LogP contribution >= 0.6 is 0 Å². The van der Waals surface area contributed by atoms with Crippen LogP contribution in [-0.4, -0.2) is 170 Å². The summed E-state index contributed by atoms with van der Waals surface area (Å²) >= 11 is 0. The van der Waals surface area contributed by atoms with E-state index < -0.39 is 124 Å². The van der Waals surface area contributed by atoms with Crippen molar-refractivity contribution in [2.45, 2.75) is 106 Å². The van der Waals surface area contributed by atoms with Crippen LogP contribution in [0.3, 0.4) is 0 Å². The van der Waals surface area contributed by atoms with E-state index in [1.54, 1.807) is 0 Å². The Hall–Kier alpha value is -1.62. The highest BCUT2D eigenvalue weighted by molar-refractivity contribution is 5.73. The number of rotatable bonds is 9. The zero-order valence-electron chi connectivity index (χ0n) is 21.7. The Kier molecular flexibility index (Phi) is 11.5. The molecule has 0 aliphatic carbocycles. The van der Waals surface area contributed by atoms with E-state index in [4.69, 9.17) is 23.7 Å². The molecule has 232 valence electrons. The van der Waals surface area contributed by atoms with Crippen molar-refractivity contribution in [3.05, 3.63) is 0 Å². The second-order valence-corrected chi connectivity index (χ2v) is 9.81. The molecule has 3 heterocycles. The van der Waals surface area contributed by atoms with Gasteiger partial charge in [0.25, 0.3) is 0 Å². The Balaban J connectivity index is 1.85. The van der Waals surface area contributed by atoms with Crippen molar-refractivity contribution in [2.24, 2.45) is 0 Å². The van der Waals surface area contributed by atoms with E-state index >= 15 is 0 Å². The third kappa shape index (κ3) is 7.05. The van der Waals surface area contributed by atoms with E-state index in [1.807, 2.05) is 0 Å². The Morgan fingerprint density at radius 2 is 1.05 bits per heavy atom. The van der Waals surface area contributed by atoms with E-state index in [2.05, 4.69) is 10.6 Å². The van der Waals surface area contributed by atoms with Gasteiger partial charge in [-0.1, -0.05) is 0 Å².